The Labute approximate surface area is 129 Å². The molecule has 2 aromatic rings. The summed E-state index contributed by atoms with van der Waals surface area (Å²) in [6, 6.07) is 6.40. The van der Waals surface area contributed by atoms with E-state index in [1.54, 1.807) is 23.6 Å². The fraction of sp³-hybridized carbons (Fsp3) is 0.0909. The van der Waals surface area contributed by atoms with Crippen LogP contribution in [0.4, 0.5) is 11.4 Å². The van der Waals surface area contributed by atoms with Crippen molar-refractivity contribution in [3.05, 3.63) is 39.1 Å². The van der Waals surface area contributed by atoms with Crippen LogP contribution in [0, 0.1) is 0 Å². The van der Waals surface area contributed by atoms with Crippen molar-refractivity contribution in [3.8, 4) is 0 Å². The lowest BCUT2D eigenvalue weighted by Crippen LogP contribution is -2.26. The molecule has 0 aliphatic rings. The van der Waals surface area contributed by atoms with Gasteiger partial charge in [-0.1, -0.05) is 11.6 Å². The van der Waals surface area contributed by atoms with E-state index < -0.39 is 10.0 Å². The van der Waals surface area contributed by atoms with Crippen molar-refractivity contribution in [2.75, 3.05) is 17.1 Å². The summed E-state index contributed by atoms with van der Waals surface area (Å²) < 4.78 is 26.9. The molecule has 0 amide bonds. The van der Waals surface area contributed by atoms with Crippen LogP contribution in [-0.2, 0) is 10.0 Å². The maximum Gasteiger partial charge on any atom is 0.274 e. The van der Waals surface area contributed by atoms with Gasteiger partial charge in [-0.25, -0.2) is 8.42 Å². The van der Waals surface area contributed by atoms with E-state index in [1.165, 1.54) is 13.1 Å². The van der Waals surface area contributed by atoms with E-state index in [-0.39, 0.29) is 4.21 Å². The van der Waals surface area contributed by atoms with Crippen molar-refractivity contribution in [2.24, 2.45) is 0 Å². The molecule has 8 heteroatoms. The second-order valence-electron chi connectivity index (χ2n) is 3.73. The summed E-state index contributed by atoms with van der Waals surface area (Å²) in [6.45, 7) is 0. The quantitative estimate of drug-likeness (QED) is 0.827. The van der Waals surface area contributed by atoms with E-state index in [9.17, 15) is 8.42 Å². The molecule has 2 rings (SSSR count). The van der Waals surface area contributed by atoms with Crippen LogP contribution in [0.25, 0.3) is 0 Å². The Balaban J connectivity index is 2.53. The molecule has 0 atom stereocenters. The van der Waals surface area contributed by atoms with Gasteiger partial charge in [0.05, 0.1) is 11.4 Å². The highest BCUT2D eigenvalue weighted by molar-refractivity contribution is 9.10. The smallest absolute Gasteiger partial charge is 0.274 e. The first-order chi connectivity index (χ1) is 8.84. The Morgan fingerprint density at radius 1 is 1.37 bits per heavy atom. The molecule has 102 valence electrons. The number of nitrogens with two attached hydrogens (primary N) is 1. The summed E-state index contributed by atoms with van der Waals surface area (Å²) in [6.07, 6.45) is 0. The van der Waals surface area contributed by atoms with Crippen molar-refractivity contribution in [1.82, 2.24) is 0 Å². The molecule has 2 N–H and O–H groups in total. The Hall–Kier alpha value is -0.760. The minimum atomic E-state index is -3.65. The minimum absolute atomic E-state index is 0.231. The third-order valence-electron chi connectivity index (χ3n) is 2.51. The second-order valence-corrected chi connectivity index (χ2v) is 8.10. The average molecular weight is 382 g/mol. The van der Waals surface area contributed by atoms with Gasteiger partial charge in [-0.2, -0.15) is 0 Å². The molecule has 1 aromatic heterocycles. The molecule has 4 nitrogen and oxygen atoms in total. The zero-order valence-electron chi connectivity index (χ0n) is 9.80. The maximum absolute atomic E-state index is 12.5. The lowest BCUT2D eigenvalue weighted by Gasteiger charge is -2.20. The summed E-state index contributed by atoms with van der Waals surface area (Å²) in [5, 5.41) is 2.13. The predicted octanol–water partition coefficient (Wildman–Crippen LogP) is 3.57. The summed E-state index contributed by atoms with van der Waals surface area (Å²) in [7, 11) is -2.20. The molecule has 0 aliphatic heterocycles. The van der Waals surface area contributed by atoms with Crippen LogP contribution >= 0.6 is 38.9 Å². The van der Waals surface area contributed by atoms with Crippen LogP contribution in [0.2, 0.25) is 5.02 Å². The molecule has 0 saturated heterocycles. The summed E-state index contributed by atoms with van der Waals surface area (Å²) in [5.41, 5.74) is 6.51. The number of halogens is 2. The lowest BCUT2D eigenvalue weighted by molar-refractivity contribution is 0.596. The van der Waals surface area contributed by atoms with Crippen LogP contribution in [0.15, 0.2) is 38.3 Å². The molecule has 0 fully saturated rings. The number of hydrogen-bond acceptors (Lipinski definition) is 4. The lowest BCUT2D eigenvalue weighted by atomic mass is 10.3. The topological polar surface area (TPSA) is 63.4 Å². The molecular weight excluding hydrogens is 372 g/mol. The third kappa shape index (κ3) is 2.74. The SMILES string of the molecule is CN(c1cc(Cl)ccc1N)S(=O)(=O)c1sccc1Br. The van der Waals surface area contributed by atoms with Crippen LogP contribution in [-0.4, -0.2) is 15.5 Å². The van der Waals surface area contributed by atoms with E-state index >= 15 is 0 Å². The van der Waals surface area contributed by atoms with E-state index in [0.717, 1.165) is 15.6 Å². The van der Waals surface area contributed by atoms with Crippen molar-refractivity contribution in [3.63, 3.8) is 0 Å². The van der Waals surface area contributed by atoms with Gasteiger partial charge in [-0.3, -0.25) is 4.31 Å². The van der Waals surface area contributed by atoms with Crippen molar-refractivity contribution in [2.45, 2.75) is 4.21 Å². The van der Waals surface area contributed by atoms with E-state index in [1.807, 2.05) is 0 Å². The maximum atomic E-state index is 12.5. The zero-order valence-corrected chi connectivity index (χ0v) is 13.8. The van der Waals surface area contributed by atoms with Gasteiger partial charge >= 0.3 is 0 Å². The first-order valence-corrected chi connectivity index (χ1v) is 8.60. The van der Waals surface area contributed by atoms with Crippen LogP contribution in [0.1, 0.15) is 0 Å². The molecule has 0 spiro atoms. The van der Waals surface area contributed by atoms with Crippen molar-refractivity contribution < 1.29 is 8.42 Å². The Morgan fingerprint density at radius 3 is 2.63 bits per heavy atom. The Bertz CT molecular complexity index is 715. The number of nitrogens with zero attached hydrogens (tertiary/aromatic N) is 1. The summed E-state index contributed by atoms with van der Waals surface area (Å²) >= 11 is 10.2. The largest absolute Gasteiger partial charge is 0.397 e. The van der Waals surface area contributed by atoms with Crippen LogP contribution in [0.5, 0.6) is 0 Å². The number of nitrogen functional groups attached to an aromatic ring is 1. The molecule has 19 heavy (non-hydrogen) atoms. The molecule has 0 unspecified atom stereocenters. The van der Waals surface area contributed by atoms with Gasteiger partial charge in [-0.15, -0.1) is 11.3 Å². The van der Waals surface area contributed by atoms with Crippen molar-refractivity contribution in [1.29, 1.82) is 0 Å². The monoisotopic (exact) mass is 380 g/mol. The number of anilines is 2. The van der Waals surface area contributed by atoms with Crippen LogP contribution < -0.4 is 10.0 Å². The van der Waals surface area contributed by atoms with Crippen LogP contribution in [0.3, 0.4) is 0 Å². The molecule has 0 saturated carbocycles. The van der Waals surface area contributed by atoms with Gasteiger partial charge in [-0.05, 0) is 45.6 Å². The Kier molecular flexibility index (Phi) is 4.10. The standard InChI is InChI=1S/C11H10BrClN2O2S2/c1-15(10-6-7(13)2-3-9(10)14)19(16,17)11-8(12)4-5-18-11/h2-6H,14H2,1H3. The highest BCUT2D eigenvalue weighted by Gasteiger charge is 2.26. The fourth-order valence-corrected chi connectivity index (χ4v) is 5.35. The number of thiophene rings is 1. The average Bonchev–Trinajstić information content (AvgIpc) is 2.78. The zero-order chi connectivity index (χ0) is 14.2. The van der Waals surface area contributed by atoms with Crippen molar-refractivity contribution >= 4 is 60.3 Å². The van der Waals surface area contributed by atoms with E-state index in [4.69, 9.17) is 17.3 Å². The molecule has 1 heterocycles. The fourth-order valence-electron chi connectivity index (χ4n) is 1.51. The van der Waals surface area contributed by atoms with Gasteiger partial charge in [0, 0.05) is 16.5 Å². The number of rotatable bonds is 3. The molecular formula is C11H10BrClN2O2S2. The second kappa shape index (κ2) is 5.32. The van der Waals surface area contributed by atoms with Gasteiger partial charge < -0.3 is 5.73 Å². The molecule has 1 aromatic carbocycles. The van der Waals surface area contributed by atoms with Gasteiger partial charge in [0.15, 0.2) is 4.21 Å². The number of benzene rings is 1. The Morgan fingerprint density at radius 2 is 2.05 bits per heavy atom. The number of hydrogen-bond donors (Lipinski definition) is 1. The first kappa shape index (κ1) is 14.6. The highest BCUT2D eigenvalue weighted by Crippen LogP contribution is 2.34. The highest BCUT2D eigenvalue weighted by atomic mass is 79.9. The minimum Gasteiger partial charge on any atom is -0.397 e. The first-order valence-electron chi connectivity index (χ1n) is 5.11. The van der Waals surface area contributed by atoms with Gasteiger partial charge in [0.2, 0.25) is 0 Å². The summed E-state index contributed by atoms with van der Waals surface area (Å²) in [5.74, 6) is 0. The van der Waals surface area contributed by atoms with Gasteiger partial charge in [0.25, 0.3) is 10.0 Å². The molecule has 0 aliphatic carbocycles. The summed E-state index contributed by atoms with van der Waals surface area (Å²) in [4.78, 5) is 0. The molecule has 0 bridgehead atoms. The predicted molar refractivity (Wildman–Crippen MR) is 83.5 cm³/mol. The third-order valence-corrected chi connectivity index (χ3v) is 7.16. The molecule has 0 radical (unpaired) electrons. The normalized spacial score (nSPS) is 11.5. The number of sulfonamides is 1. The van der Waals surface area contributed by atoms with E-state index in [0.29, 0.717) is 20.9 Å². The van der Waals surface area contributed by atoms with E-state index in [2.05, 4.69) is 15.9 Å². The van der Waals surface area contributed by atoms with Gasteiger partial charge in [0.1, 0.15) is 0 Å².